The molecular weight excluding hydrogens is 360 g/mol. The lowest BCUT2D eigenvalue weighted by Gasteiger charge is -2.08. The van der Waals surface area contributed by atoms with E-state index in [2.05, 4.69) is 6.92 Å². The van der Waals surface area contributed by atoms with Gasteiger partial charge in [-0.15, -0.1) is 0 Å². The minimum absolute atomic E-state index is 0.0731. The smallest absolute Gasteiger partial charge is 0.339 e. The van der Waals surface area contributed by atoms with Crippen molar-refractivity contribution in [3.63, 3.8) is 0 Å². The Bertz CT molecular complexity index is 539. The monoisotopic (exact) mass is 404 g/mol. The first kappa shape index (κ1) is 25.5. The van der Waals surface area contributed by atoms with E-state index >= 15 is 0 Å². The van der Waals surface area contributed by atoms with Gasteiger partial charge in [0, 0.05) is 0 Å². The van der Waals surface area contributed by atoms with Crippen LogP contribution in [0.4, 0.5) is 0 Å². The van der Waals surface area contributed by atoms with E-state index in [0.29, 0.717) is 0 Å². The van der Waals surface area contributed by atoms with Crippen molar-refractivity contribution in [2.75, 3.05) is 0 Å². The first-order valence-electron chi connectivity index (χ1n) is 12.2. The van der Waals surface area contributed by atoms with Crippen molar-refractivity contribution in [1.29, 1.82) is 0 Å². The van der Waals surface area contributed by atoms with Crippen molar-refractivity contribution in [3.8, 4) is 5.75 Å². The normalized spacial score (nSPS) is 11.1. The summed E-state index contributed by atoms with van der Waals surface area (Å²) in [7, 11) is 0. The fraction of sp³-hybridized carbons (Fsp3) is 0.731. The van der Waals surface area contributed by atoms with Crippen LogP contribution in [0.5, 0.6) is 5.75 Å². The second kappa shape index (κ2) is 17.4. The van der Waals surface area contributed by atoms with Crippen LogP contribution in [0.3, 0.4) is 0 Å². The van der Waals surface area contributed by atoms with Crippen LogP contribution in [0.15, 0.2) is 18.2 Å². The molecule has 1 aromatic carbocycles. The van der Waals surface area contributed by atoms with Gasteiger partial charge in [0.25, 0.3) is 0 Å². The molecule has 0 heterocycles. The standard InChI is InChI=1S/C26H44O3/c1-2-3-4-5-6-7-8-9-10-11-12-13-14-15-16-17-18-20-23-21-19-22-24(27)25(23)26(28)29/h19,21-22,27H,2-18,20H2,1H3,(H,28,29). The van der Waals surface area contributed by atoms with Gasteiger partial charge in [0.1, 0.15) is 11.3 Å². The lowest BCUT2D eigenvalue weighted by molar-refractivity contribution is 0.0692. The number of carbonyl (C=O) groups is 1. The summed E-state index contributed by atoms with van der Waals surface area (Å²) >= 11 is 0. The van der Waals surface area contributed by atoms with E-state index < -0.39 is 5.97 Å². The van der Waals surface area contributed by atoms with Crippen molar-refractivity contribution in [2.45, 2.75) is 122 Å². The highest BCUT2D eigenvalue weighted by Crippen LogP contribution is 2.23. The molecule has 0 atom stereocenters. The molecule has 0 saturated heterocycles. The van der Waals surface area contributed by atoms with E-state index in [0.717, 1.165) is 24.8 Å². The lowest BCUT2D eigenvalue weighted by atomic mass is 9.99. The summed E-state index contributed by atoms with van der Waals surface area (Å²) in [5.74, 6) is -1.16. The maximum atomic E-state index is 11.3. The minimum Gasteiger partial charge on any atom is -0.507 e. The van der Waals surface area contributed by atoms with Crippen LogP contribution in [0.2, 0.25) is 0 Å². The van der Waals surface area contributed by atoms with E-state index in [9.17, 15) is 15.0 Å². The second-order valence-electron chi connectivity index (χ2n) is 8.52. The number of carboxylic acid groups (broad SMARTS) is 1. The topological polar surface area (TPSA) is 57.5 Å². The summed E-state index contributed by atoms with van der Waals surface area (Å²) in [5, 5.41) is 19.0. The minimum atomic E-state index is -1.04. The molecule has 0 aliphatic heterocycles. The number of hydrogen-bond acceptors (Lipinski definition) is 2. The summed E-state index contributed by atoms with van der Waals surface area (Å²) in [6.07, 6.45) is 23.5. The highest BCUT2D eigenvalue weighted by Gasteiger charge is 2.14. The number of unbranched alkanes of at least 4 members (excludes halogenated alkanes) is 16. The SMILES string of the molecule is CCCCCCCCCCCCCCCCCCCc1cccc(O)c1C(=O)O. The molecule has 0 spiro atoms. The molecule has 1 rings (SSSR count). The number of aromatic carboxylic acids is 1. The summed E-state index contributed by atoms with van der Waals surface area (Å²) in [6.45, 7) is 2.28. The maximum absolute atomic E-state index is 11.3. The van der Waals surface area contributed by atoms with Crippen molar-refractivity contribution in [2.24, 2.45) is 0 Å². The molecule has 0 aliphatic rings. The highest BCUT2D eigenvalue weighted by atomic mass is 16.4. The van der Waals surface area contributed by atoms with E-state index in [1.54, 1.807) is 6.07 Å². The van der Waals surface area contributed by atoms with E-state index in [1.165, 1.54) is 102 Å². The largest absolute Gasteiger partial charge is 0.507 e. The first-order chi connectivity index (χ1) is 14.2. The molecular formula is C26H44O3. The van der Waals surface area contributed by atoms with Gasteiger partial charge in [0.05, 0.1) is 0 Å². The molecule has 3 heteroatoms. The quantitative estimate of drug-likeness (QED) is 0.228. The zero-order valence-corrected chi connectivity index (χ0v) is 18.8. The Labute approximate surface area is 178 Å². The van der Waals surface area contributed by atoms with Gasteiger partial charge in [-0.2, -0.15) is 0 Å². The zero-order chi connectivity index (χ0) is 21.2. The number of hydrogen-bond donors (Lipinski definition) is 2. The van der Waals surface area contributed by atoms with Gasteiger partial charge in [-0.1, -0.05) is 122 Å². The molecule has 0 bridgehead atoms. The van der Waals surface area contributed by atoms with Crippen LogP contribution in [-0.4, -0.2) is 16.2 Å². The van der Waals surface area contributed by atoms with Crippen LogP contribution in [-0.2, 0) is 6.42 Å². The fourth-order valence-electron chi connectivity index (χ4n) is 4.08. The van der Waals surface area contributed by atoms with E-state index in [4.69, 9.17) is 0 Å². The highest BCUT2D eigenvalue weighted by molar-refractivity contribution is 5.92. The zero-order valence-electron chi connectivity index (χ0n) is 18.8. The van der Waals surface area contributed by atoms with Gasteiger partial charge in [0.15, 0.2) is 0 Å². The van der Waals surface area contributed by atoms with Crippen LogP contribution >= 0.6 is 0 Å². The van der Waals surface area contributed by atoms with Gasteiger partial charge in [-0.25, -0.2) is 4.79 Å². The van der Waals surface area contributed by atoms with Gasteiger partial charge in [0.2, 0.25) is 0 Å². The Hall–Kier alpha value is -1.51. The van der Waals surface area contributed by atoms with E-state index in [1.807, 2.05) is 6.07 Å². The van der Waals surface area contributed by atoms with Crippen molar-refractivity contribution >= 4 is 5.97 Å². The predicted octanol–water partition coefficient (Wildman–Crippen LogP) is 8.28. The van der Waals surface area contributed by atoms with Crippen molar-refractivity contribution < 1.29 is 15.0 Å². The van der Waals surface area contributed by atoms with Gasteiger partial charge in [-0.05, 0) is 24.5 Å². The Morgan fingerprint density at radius 3 is 1.52 bits per heavy atom. The summed E-state index contributed by atoms with van der Waals surface area (Å²) in [6, 6.07) is 4.99. The third kappa shape index (κ3) is 12.6. The van der Waals surface area contributed by atoms with Gasteiger partial charge < -0.3 is 10.2 Å². The Kier molecular flexibility index (Phi) is 15.3. The first-order valence-corrected chi connectivity index (χ1v) is 12.2. The van der Waals surface area contributed by atoms with Crippen LogP contribution < -0.4 is 0 Å². The van der Waals surface area contributed by atoms with Crippen LogP contribution in [0.1, 0.15) is 132 Å². The lowest BCUT2D eigenvalue weighted by Crippen LogP contribution is -2.03. The van der Waals surface area contributed by atoms with Gasteiger partial charge in [-0.3, -0.25) is 0 Å². The number of benzene rings is 1. The molecule has 0 aliphatic carbocycles. The average Bonchev–Trinajstić information content (AvgIpc) is 2.70. The number of carboxylic acids is 1. The molecule has 0 unspecified atom stereocenters. The van der Waals surface area contributed by atoms with E-state index in [-0.39, 0.29) is 11.3 Å². The van der Waals surface area contributed by atoms with Gasteiger partial charge >= 0.3 is 5.97 Å². The molecule has 0 radical (unpaired) electrons. The molecule has 0 amide bonds. The molecule has 0 saturated carbocycles. The number of phenols is 1. The van der Waals surface area contributed by atoms with Crippen LogP contribution in [0, 0.1) is 0 Å². The third-order valence-electron chi connectivity index (χ3n) is 5.89. The number of aryl methyl sites for hydroxylation is 1. The molecule has 0 fully saturated rings. The second-order valence-corrected chi connectivity index (χ2v) is 8.52. The van der Waals surface area contributed by atoms with Crippen LogP contribution in [0.25, 0.3) is 0 Å². The molecule has 3 nitrogen and oxygen atoms in total. The third-order valence-corrected chi connectivity index (χ3v) is 5.89. The Morgan fingerprint density at radius 2 is 1.10 bits per heavy atom. The van der Waals surface area contributed by atoms with Crippen molar-refractivity contribution in [3.05, 3.63) is 29.3 Å². The Morgan fingerprint density at radius 1 is 0.690 bits per heavy atom. The molecule has 2 N–H and O–H groups in total. The number of aromatic hydroxyl groups is 1. The predicted molar refractivity (Wildman–Crippen MR) is 123 cm³/mol. The fourth-order valence-corrected chi connectivity index (χ4v) is 4.08. The number of rotatable bonds is 19. The maximum Gasteiger partial charge on any atom is 0.339 e. The average molecular weight is 405 g/mol. The van der Waals surface area contributed by atoms with Crippen molar-refractivity contribution in [1.82, 2.24) is 0 Å². The molecule has 0 aromatic heterocycles. The summed E-state index contributed by atoms with van der Waals surface area (Å²) in [5.41, 5.74) is 0.822. The summed E-state index contributed by atoms with van der Waals surface area (Å²) in [4.78, 5) is 11.3. The molecule has 1 aromatic rings. The summed E-state index contributed by atoms with van der Waals surface area (Å²) < 4.78 is 0. The Balaban J connectivity index is 1.89. The molecule has 29 heavy (non-hydrogen) atoms. The molecule has 166 valence electrons.